The molecule has 0 bridgehead atoms. The summed E-state index contributed by atoms with van der Waals surface area (Å²) in [5.41, 5.74) is 0.546. The molecule has 2 heterocycles. The van der Waals surface area contributed by atoms with E-state index in [0.717, 1.165) is 0 Å². The fourth-order valence-corrected chi connectivity index (χ4v) is 3.93. The third kappa shape index (κ3) is 2.22. The molecule has 1 fully saturated rings. The molecule has 1 aromatic heterocycles. The fourth-order valence-electron chi connectivity index (χ4n) is 2.18. The summed E-state index contributed by atoms with van der Waals surface area (Å²) in [5, 5.41) is 3.00. The van der Waals surface area contributed by atoms with Crippen molar-refractivity contribution in [3.63, 3.8) is 0 Å². The van der Waals surface area contributed by atoms with E-state index in [4.69, 9.17) is 0 Å². The molecule has 18 heavy (non-hydrogen) atoms. The lowest BCUT2D eigenvalue weighted by molar-refractivity contribution is 0.461. The van der Waals surface area contributed by atoms with E-state index in [1.807, 2.05) is 0 Å². The summed E-state index contributed by atoms with van der Waals surface area (Å²) >= 11 is 0. The van der Waals surface area contributed by atoms with Crippen molar-refractivity contribution in [2.24, 2.45) is 11.8 Å². The maximum atomic E-state index is 12.5. The van der Waals surface area contributed by atoms with Crippen LogP contribution in [-0.4, -0.2) is 37.8 Å². The Balaban J connectivity index is 2.37. The molecule has 0 amide bonds. The van der Waals surface area contributed by atoms with Gasteiger partial charge in [-0.15, -0.1) is 0 Å². The van der Waals surface area contributed by atoms with Crippen molar-refractivity contribution < 1.29 is 8.42 Å². The first-order valence-corrected chi connectivity index (χ1v) is 7.53. The lowest BCUT2D eigenvalue weighted by atomic mass is 10.0. The Morgan fingerprint density at radius 3 is 2.50 bits per heavy atom. The number of rotatable bonds is 3. The zero-order valence-corrected chi connectivity index (χ0v) is 11.7. The van der Waals surface area contributed by atoms with Crippen LogP contribution in [0.25, 0.3) is 0 Å². The average molecular weight is 269 g/mol. The Kier molecular flexibility index (Phi) is 3.59. The van der Waals surface area contributed by atoms with Gasteiger partial charge < -0.3 is 5.32 Å². The second-order valence-electron chi connectivity index (χ2n) is 4.88. The van der Waals surface area contributed by atoms with E-state index in [1.54, 1.807) is 19.2 Å². The largest absolute Gasteiger partial charge is 0.386 e. The Hall–Kier alpha value is -1.14. The lowest BCUT2D eigenvalue weighted by Gasteiger charge is -2.17. The molecule has 6 heteroatoms. The minimum atomic E-state index is -3.49. The summed E-state index contributed by atoms with van der Waals surface area (Å²) < 4.78 is 26.6. The summed E-state index contributed by atoms with van der Waals surface area (Å²) in [6, 6.07) is 3.45. The molecule has 1 aromatic rings. The standard InChI is InChI=1S/C12H19N3O2S/c1-9-7-15(8-10(9)2)18(16,17)12-11(13-3)5-4-6-14-12/h4-6,9-10,13H,7-8H2,1-3H3. The molecule has 0 radical (unpaired) electrons. The van der Waals surface area contributed by atoms with Crippen LogP contribution in [0.2, 0.25) is 0 Å². The van der Waals surface area contributed by atoms with Gasteiger partial charge in [-0.2, -0.15) is 4.31 Å². The van der Waals surface area contributed by atoms with E-state index in [9.17, 15) is 8.42 Å². The highest BCUT2D eigenvalue weighted by Gasteiger charge is 2.36. The summed E-state index contributed by atoms with van der Waals surface area (Å²) in [6.07, 6.45) is 1.51. The number of nitrogens with one attached hydrogen (secondary N) is 1. The van der Waals surface area contributed by atoms with Gasteiger partial charge in [-0.25, -0.2) is 13.4 Å². The Labute approximate surface area is 108 Å². The maximum Gasteiger partial charge on any atom is 0.262 e. The van der Waals surface area contributed by atoms with Crippen molar-refractivity contribution in [3.8, 4) is 0 Å². The monoisotopic (exact) mass is 269 g/mol. The first-order chi connectivity index (χ1) is 8.46. The average Bonchev–Trinajstić information content (AvgIpc) is 2.70. The number of hydrogen-bond acceptors (Lipinski definition) is 4. The van der Waals surface area contributed by atoms with Crippen LogP contribution in [-0.2, 0) is 10.0 Å². The van der Waals surface area contributed by atoms with Crippen molar-refractivity contribution >= 4 is 15.7 Å². The highest BCUT2D eigenvalue weighted by Crippen LogP contribution is 2.29. The quantitative estimate of drug-likeness (QED) is 0.901. The van der Waals surface area contributed by atoms with E-state index in [-0.39, 0.29) is 5.03 Å². The SMILES string of the molecule is CNc1cccnc1S(=O)(=O)N1CC(C)C(C)C1. The van der Waals surface area contributed by atoms with Gasteiger partial charge in [0.1, 0.15) is 0 Å². The molecule has 1 aliphatic heterocycles. The van der Waals surface area contributed by atoms with E-state index in [2.05, 4.69) is 24.1 Å². The van der Waals surface area contributed by atoms with Crippen LogP contribution >= 0.6 is 0 Å². The normalized spacial score (nSPS) is 25.3. The number of sulfonamides is 1. The smallest absolute Gasteiger partial charge is 0.262 e. The van der Waals surface area contributed by atoms with E-state index in [1.165, 1.54) is 10.5 Å². The van der Waals surface area contributed by atoms with Crippen LogP contribution in [0.15, 0.2) is 23.4 Å². The molecular formula is C12H19N3O2S. The van der Waals surface area contributed by atoms with Crippen molar-refractivity contribution in [2.45, 2.75) is 18.9 Å². The van der Waals surface area contributed by atoms with Gasteiger partial charge in [-0.3, -0.25) is 0 Å². The molecular weight excluding hydrogens is 250 g/mol. The summed E-state index contributed by atoms with van der Waals surface area (Å²) in [7, 11) is -1.79. The Bertz CT molecular complexity index is 520. The van der Waals surface area contributed by atoms with Gasteiger partial charge >= 0.3 is 0 Å². The molecule has 1 N–H and O–H groups in total. The second-order valence-corrected chi connectivity index (χ2v) is 6.74. The summed E-state index contributed by atoms with van der Waals surface area (Å²) in [6.45, 7) is 5.31. The maximum absolute atomic E-state index is 12.5. The predicted molar refractivity (Wildman–Crippen MR) is 70.9 cm³/mol. The van der Waals surface area contributed by atoms with Crippen molar-refractivity contribution in [1.82, 2.24) is 9.29 Å². The number of aromatic nitrogens is 1. The summed E-state index contributed by atoms with van der Waals surface area (Å²) in [5.74, 6) is 0.781. The topological polar surface area (TPSA) is 62.3 Å². The van der Waals surface area contributed by atoms with Gasteiger partial charge in [0, 0.05) is 26.3 Å². The minimum absolute atomic E-state index is 0.119. The molecule has 0 spiro atoms. The van der Waals surface area contributed by atoms with Gasteiger partial charge in [-0.1, -0.05) is 13.8 Å². The predicted octanol–water partition coefficient (Wildman–Crippen LogP) is 1.40. The second kappa shape index (κ2) is 4.85. The van der Waals surface area contributed by atoms with Gasteiger partial charge in [0.05, 0.1) is 5.69 Å². The van der Waals surface area contributed by atoms with Gasteiger partial charge in [0.25, 0.3) is 10.0 Å². The van der Waals surface area contributed by atoms with E-state index >= 15 is 0 Å². The molecule has 0 saturated carbocycles. The van der Waals surface area contributed by atoms with Crippen LogP contribution in [0.4, 0.5) is 5.69 Å². The first-order valence-electron chi connectivity index (χ1n) is 6.09. The van der Waals surface area contributed by atoms with E-state index < -0.39 is 10.0 Å². The van der Waals surface area contributed by atoms with E-state index in [0.29, 0.717) is 30.6 Å². The summed E-state index contributed by atoms with van der Waals surface area (Å²) in [4.78, 5) is 4.02. The molecule has 0 aromatic carbocycles. The Morgan fingerprint density at radius 1 is 1.33 bits per heavy atom. The highest BCUT2D eigenvalue weighted by molar-refractivity contribution is 7.89. The fraction of sp³-hybridized carbons (Fsp3) is 0.583. The van der Waals surface area contributed by atoms with Crippen molar-refractivity contribution in [2.75, 3.05) is 25.5 Å². The van der Waals surface area contributed by atoms with Crippen LogP contribution in [0, 0.1) is 11.8 Å². The number of nitrogens with zero attached hydrogens (tertiary/aromatic N) is 2. The minimum Gasteiger partial charge on any atom is -0.386 e. The number of hydrogen-bond donors (Lipinski definition) is 1. The lowest BCUT2D eigenvalue weighted by Crippen LogP contribution is -2.30. The van der Waals surface area contributed by atoms with Gasteiger partial charge in [0.15, 0.2) is 5.03 Å². The zero-order valence-electron chi connectivity index (χ0n) is 10.9. The first kappa shape index (κ1) is 13.3. The molecule has 2 atom stereocenters. The van der Waals surface area contributed by atoms with Crippen LogP contribution in [0.3, 0.4) is 0 Å². The van der Waals surface area contributed by atoms with Crippen molar-refractivity contribution in [1.29, 1.82) is 0 Å². The van der Waals surface area contributed by atoms with Crippen LogP contribution < -0.4 is 5.32 Å². The highest BCUT2D eigenvalue weighted by atomic mass is 32.2. The molecule has 1 aliphatic rings. The molecule has 2 rings (SSSR count). The Morgan fingerprint density at radius 2 is 1.94 bits per heavy atom. The van der Waals surface area contributed by atoms with Crippen LogP contribution in [0.1, 0.15) is 13.8 Å². The van der Waals surface area contributed by atoms with Gasteiger partial charge in [0.2, 0.25) is 0 Å². The molecule has 2 unspecified atom stereocenters. The number of anilines is 1. The molecule has 1 saturated heterocycles. The van der Waals surface area contributed by atoms with Crippen LogP contribution in [0.5, 0.6) is 0 Å². The number of pyridine rings is 1. The molecule has 5 nitrogen and oxygen atoms in total. The third-order valence-electron chi connectivity index (χ3n) is 3.58. The third-order valence-corrected chi connectivity index (χ3v) is 5.37. The molecule has 0 aliphatic carbocycles. The zero-order chi connectivity index (χ0) is 13.3. The van der Waals surface area contributed by atoms with Gasteiger partial charge in [-0.05, 0) is 24.0 Å². The molecule has 100 valence electrons. The van der Waals surface area contributed by atoms with Crippen molar-refractivity contribution in [3.05, 3.63) is 18.3 Å².